The van der Waals surface area contributed by atoms with Crippen molar-refractivity contribution in [2.45, 2.75) is 95.6 Å². The number of ether oxygens (including phenoxy) is 3. The van der Waals surface area contributed by atoms with Gasteiger partial charge in [0.2, 0.25) is 5.79 Å². The summed E-state index contributed by atoms with van der Waals surface area (Å²) < 4.78 is 35.8. The number of oxime groups is 1. The van der Waals surface area contributed by atoms with Crippen LogP contribution in [-0.2, 0) is 16.1 Å². The van der Waals surface area contributed by atoms with E-state index in [0.717, 1.165) is 47.6 Å². The zero-order valence-corrected chi connectivity index (χ0v) is 38.6. The molecule has 1 aliphatic heterocycles. The van der Waals surface area contributed by atoms with Gasteiger partial charge in [-0.1, -0.05) is 72.6 Å². The second kappa shape index (κ2) is 20.7. The Bertz CT molecular complexity index is 2650. The number of hydrogen-bond acceptors (Lipinski definition) is 9. The molecular weight excluding hydrogens is 846 g/mol. The van der Waals surface area contributed by atoms with Crippen molar-refractivity contribution in [3.05, 3.63) is 162 Å². The molecule has 0 unspecified atom stereocenters. The van der Waals surface area contributed by atoms with Crippen molar-refractivity contribution in [1.29, 1.82) is 5.26 Å². The van der Waals surface area contributed by atoms with Gasteiger partial charge in [-0.05, 0) is 147 Å². The van der Waals surface area contributed by atoms with Gasteiger partial charge in [0, 0.05) is 43.2 Å². The van der Waals surface area contributed by atoms with E-state index in [1.165, 1.54) is 12.1 Å². The smallest absolute Gasteiger partial charge is 0.254 e. The van der Waals surface area contributed by atoms with Gasteiger partial charge in [-0.15, -0.1) is 6.58 Å². The van der Waals surface area contributed by atoms with Crippen molar-refractivity contribution < 1.29 is 38.4 Å². The molecule has 0 aromatic heterocycles. The Morgan fingerprint density at radius 1 is 0.925 bits per heavy atom. The number of amides is 1. The van der Waals surface area contributed by atoms with Crippen LogP contribution in [-0.4, -0.2) is 64.0 Å². The number of carbonyl (C=O) groups excluding carboxylic acids is 1. The van der Waals surface area contributed by atoms with Crippen molar-refractivity contribution in [3.63, 3.8) is 0 Å². The van der Waals surface area contributed by atoms with Gasteiger partial charge in [-0.3, -0.25) is 4.79 Å². The average Bonchev–Trinajstić information content (AvgIpc) is 3.33. The van der Waals surface area contributed by atoms with Crippen molar-refractivity contribution in [2.75, 3.05) is 19.8 Å². The summed E-state index contributed by atoms with van der Waals surface area (Å²) in [5, 5.41) is 36.8. The Balaban J connectivity index is 1.36. The molecule has 8 rings (SSSR count). The van der Waals surface area contributed by atoms with Gasteiger partial charge in [-0.2, -0.15) is 5.26 Å². The van der Waals surface area contributed by atoms with Crippen molar-refractivity contribution in [2.24, 2.45) is 22.9 Å². The highest BCUT2D eigenvalue weighted by Gasteiger charge is 2.65. The zero-order valence-electron chi connectivity index (χ0n) is 38.6. The summed E-state index contributed by atoms with van der Waals surface area (Å²) in [6.45, 7) is 10.2. The van der Waals surface area contributed by atoms with Crippen LogP contribution in [0.15, 0.2) is 139 Å². The van der Waals surface area contributed by atoms with Crippen LogP contribution in [0.4, 0.5) is 4.39 Å². The Morgan fingerprint density at radius 3 is 2.33 bits per heavy atom. The van der Waals surface area contributed by atoms with Crippen LogP contribution in [0.5, 0.6) is 17.2 Å². The highest BCUT2D eigenvalue weighted by molar-refractivity contribution is 6.03. The van der Waals surface area contributed by atoms with Crippen LogP contribution in [0, 0.1) is 34.9 Å². The summed E-state index contributed by atoms with van der Waals surface area (Å²) in [7, 11) is 0. The van der Waals surface area contributed by atoms with Crippen LogP contribution in [0.25, 0.3) is 10.8 Å². The van der Waals surface area contributed by atoms with E-state index < -0.39 is 29.2 Å². The minimum Gasteiger partial charge on any atom is -0.459 e. The number of hydrogen-bond donors (Lipinski definition) is 2. The third-order valence-corrected chi connectivity index (χ3v) is 13.2. The first-order chi connectivity index (χ1) is 32.4. The molecule has 11 heteroatoms. The summed E-state index contributed by atoms with van der Waals surface area (Å²) in [6.07, 6.45) is 8.56. The first kappa shape index (κ1) is 47.2. The van der Waals surface area contributed by atoms with Crippen LogP contribution in [0.3, 0.4) is 0 Å². The number of carbonyl (C=O) groups is 1. The SMILES string of the molecule is C=CCO[C@@]12Oc3ccc(Oc4ccc5ccccc5c4)cc3[C@H]3[C@H](CCCCO)[C@@H](CCCCO)C=C(C(=NOC(C)(C)C)C[C@@H]1N(Cc1ccc(F)cc1)C(=O)c1ccc(C#N)cc1)[C@H]32. The van der Waals surface area contributed by atoms with Gasteiger partial charge in [0.05, 0.1) is 29.9 Å². The van der Waals surface area contributed by atoms with Gasteiger partial charge < -0.3 is 34.2 Å². The predicted octanol–water partition coefficient (Wildman–Crippen LogP) is 11.4. The number of aliphatic hydroxyl groups is 2. The number of halogens is 1. The van der Waals surface area contributed by atoms with Crippen molar-refractivity contribution >= 4 is 22.4 Å². The molecular formula is C56H60FN3O7. The first-order valence-corrected chi connectivity index (χ1v) is 23.4. The molecule has 5 aromatic rings. The first-order valence-electron chi connectivity index (χ1n) is 23.4. The molecule has 0 saturated heterocycles. The number of nitrogens with zero attached hydrogens (tertiary/aromatic N) is 3. The molecule has 0 radical (unpaired) electrons. The Labute approximate surface area is 392 Å². The second-order valence-corrected chi connectivity index (χ2v) is 18.8. The summed E-state index contributed by atoms with van der Waals surface area (Å²) in [6, 6.07) is 34.0. The standard InChI is InChI=1S/C56H60FN3O7/c1-5-30-64-56-51(60(36-38-18-23-43(57)24-19-38)54(63)40-20-16-37(35-58)17-21-40)34-49(59-67-55(2,3)4)47-32-42(14-8-10-28-61)46(15-9-11-29-62)52(53(47)56)48-33-45(26-27-50(48)66-56)65-44-25-22-39-12-6-7-13-41(39)31-44/h5-7,12-13,16-27,31-33,42,46,51-53,61-62H,1,8-11,14-15,28-30,34,36H2,2-4H3/t42-,46+,51-,52+,53+,56+/m0/s1. The number of aliphatic hydroxyl groups excluding tert-OH is 2. The zero-order chi connectivity index (χ0) is 47.1. The second-order valence-electron chi connectivity index (χ2n) is 18.8. The van der Waals surface area contributed by atoms with E-state index in [-0.39, 0.29) is 56.4 Å². The molecule has 6 atom stereocenters. The van der Waals surface area contributed by atoms with E-state index in [2.05, 4.69) is 36.9 Å². The fourth-order valence-electron chi connectivity index (χ4n) is 10.2. The highest BCUT2D eigenvalue weighted by Crippen LogP contribution is 2.62. The molecule has 1 heterocycles. The van der Waals surface area contributed by atoms with E-state index >= 15 is 4.79 Å². The number of nitriles is 1. The molecule has 0 spiro atoms. The maximum absolute atomic E-state index is 15.4. The van der Waals surface area contributed by atoms with Crippen molar-refractivity contribution in [3.8, 4) is 23.3 Å². The minimum absolute atomic E-state index is 0.00687. The molecule has 0 bridgehead atoms. The molecule has 2 aliphatic carbocycles. The lowest BCUT2D eigenvalue weighted by Gasteiger charge is -2.60. The number of allylic oxidation sites excluding steroid dienone is 1. The quantitative estimate of drug-likeness (QED) is 0.0504. The van der Waals surface area contributed by atoms with Gasteiger partial charge >= 0.3 is 0 Å². The summed E-state index contributed by atoms with van der Waals surface area (Å²) in [4.78, 5) is 23.4. The van der Waals surface area contributed by atoms with E-state index in [4.69, 9.17) is 24.2 Å². The minimum atomic E-state index is -1.53. The molecule has 3 aliphatic rings. The predicted molar refractivity (Wildman–Crippen MR) is 257 cm³/mol. The Morgan fingerprint density at radius 2 is 1.63 bits per heavy atom. The molecule has 67 heavy (non-hydrogen) atoms. The molecule has 1 saturated carbocycles. The largest absolute Gasteiger partial charge is 0.459 e. The fraction of sp³-hybridized carbons (Fsp3) is 0.375. The van der Waals surface area contributed by atoms with Crippen LogP contribution < -0.4 is 9.47 Å². The van der Waals surface area contributed by atoms with Gasteiger partial charge in [-0.25, -0.2) is 4.39 Å². The monoisotopic (exact) mass is 905 g/mol. The highest BCUT2D eigenvalue weighted by atomic mass is 19.1. The molecule has 2 N–H and O–H groups in total. The summed E-state index contributed by atoms with van der Waals surface area (Å²) in [5.74, 6) is -1.20. The molecule has 5 aromatic carbocycles. The third kappa shape index (κ3) is 10.3. The van der Waals surface area contributed by atoms with Gasteiger partial charge in [0.15, 0.2) is 0 Å². The molecule has 1 amide bonds. The molecule has 1 fully saturated rings. The van der Waals surface area contributed by atoms with Gasteiger partial charge in [0.1, 0.15) is 34.7 Å². The number of fused-ring (bicyclic) bond motifs is 3. The van der Waals surface area contributed by atoms with Crippen LogP contribution >= 0.6 is 0 Å². The van der Waals surface area contributed by atoms with Gasteiger partial charge in [0.25, 0.3) is 5.91 Å². The number of unbranched alkanes of at least 4 members (excludes halogenated alkanes) is 2. The summed E-state index contributed by atoms with van der Waals surface area (Å²) >= 11 is 0. The molecule has 10 nitrogen and oxygen atoms in total. The average molecular weight is 906 g/mol. The van der Waals surface area contributed by atoms with Crippen molar-refractivity contribution in [1.82, 2.24) is 4.90 Å². The van der Waals surface area contributed by atoms with E-state index in [0.29, 0.717) is 52.5 Å². The summed E-state index contributed by atoms with van der Waals surface area (Å²) in [5.41, 5.74) is 3.27. The topological polar surface area (TPSA) is 134 Å². The Hall–Kier alpha value is -6.32. The molecule has 348 valence electrons. The number of benzene rings is 5. The Kier molecular flexibility index (Phi) is 14.6. The third-order valence-electron chi connectivity index (χ3n) is 13.2. The lowest BCUT2D eigenvalue weighted by Crippen LogP contribution is -2.70. The van der Waals surface area contributed by atoms with Crippen LogP contribution in [0.1, 0.15) is 98.7 Å². The maximum Gasteiger partial charge on any atom is 0.254 e. The van der Waals surface area contributed by atoms with E-state index in [1.54, 1.807) is 47.4 Å². The van der Waals surface area contributed by atoms with E-state index in [9.17, 15) is 19.9 Å². The van der Waals surface area contributed by atoms with Crippen LogP contribution in [0.2, 0.25) is 0 Å². The maximum atomic E-state index is 15.4. The normalized spacial score (nSPS) is 22.4. The lowest BCUT2D eigenvalue weighted by atomic mass is 9.55. The fourth-order valence-corrected chi connectivity index (χ4v) is 10.2. The number of rotatable bonds is 18. The van der Waals surface area contributed by atoms with E-state index in [1.807, 2.05) is 63.2 Å². The lowest BCUT2D eigenvalue weighted by molar-refractivity contribution is -0.255.